The van der Waals surface area contributed by atoms with Gasteiger partial charge in [0.1, 0.15) is 0 Å². The number of aryl methyl sites for hydroxylation is 1. The average molecular weight is 268 g/mol. The number of hydrazine groups is 1. The molecule has 0 aliphatic carbocycles. The Morgan fingerprint density at radius 1 is 1.11 bits per heavy atom. The Morgan fingerprint density at radius 2 is 1.89 bits per heavy atom. The second-order valence-electron chi connectivity index (χ2n) is 4.66. The van der Waals surface area contributed by atoms with Gasteiger partial charge in [-0.05, 0) is 40.3 Å². The fourth-order valence-electron chi connectivity index (χ4n) is 2.48. The Kier molecular flexibility index (Phi) is 3.34. The largest absolute Gasteiger partial charge is 0.271 e. The summed E-state index contributed by atoms with van der Waals surface area (Å²) in [5.74, 6) is 5.79. The van der Waals surface area contributed by atoms with Crippen LogP contribution >= 0.6 is 11.3 Å². The summed E-state index contributed by atoms with van der Waals surface area (Å²) < 4.78 is 0. The van der Waals surface area contributed by atoms with Gasteiger partial charge in [0, 0.05) is 4.88 Å². The van der Waals surface area contributed by atoms with Crippen LogP contribution in [0.25, 0.3) is 10.8 Å². The first-order chi connectivity index (χ1) is 9.29. The molecule has 1 atom stereocenters. The van der Waals surface area contributed by atoms with Crippen molar-refractivity contribution in [3.8, 4) is 0 Å². The van der Waals surface area contributed by atoms with Crippen LogP contribution in [0.5, 0.6) is 0 Å². The zero-order chi connectivity index (χ0) is 13.2. The normalized spacial score (nSPS) is 12.7. The fourth-order valence-corrected chi connectivity index (χ4v) is 3.21. The number of benzene rings is 2. The Bertz CT molecular complexity index is 697. The van der Waals surface area contributed by atoms with Crippen molar-refractivity contribution < 1.29 is 0 Å². The second-order valence-corrected chi connectivity index (χ2v) is 5.77. The standard InChI is InChI=1S/C16H16N2S/c1-11-9-13(10-19-11)16(18-17)15-8-4-6-12-5-2-3-7-14(12)15/h2-10,16,18H,17H2,1H3. The van der Waals surface area contributed by atoms with Gasteiger partial charge >= 0.3 is 0 Å². The molecule has 0 bridgehead atoms. The SMILES string of the molecule is Cc1cc(C(NN)c2cccc3ccccc23)cs1. The Hall–Kier alpha value is -1.68. The maximum atomic E-state index is 5.79. The number of nitrogens with one attached hydrogen (secondary N) is 1. The third-order valence-corrected chi connectivity index (χ3v) is 4.26. The van der Waals surface area contributed by atoms with Crippen LogP contribution in [-0.2, 0) is 0 Å². The van der Waals surface area contributed by atoms with E-state index in [-0.39, 0.29) is 6.04 Å². The van der Waals surface area contributed by atoms with Gasteiger partial charge in [-0.2, -0.15) is 0 Å². The summed E-state index contributed by atoms with van der Waals surface area (Å²) in [6.45, 7) is 2.12. The third kappa shape index (κ3) is 2.28. The molecule has 3 N–H and O–H groups in total. The van der Waals surface area contributed by atoms with Crippen LogP contribution < -0.4 is 11.3 Å². The summed E-state index contributed by atoms with van der Waals surface area (Å²) in [5.41, 5.74) is 5.39. The van der Waals surface area contributed by atoms with Gasteiger partial charge in [0.25, 0.3) is 0 Å². The summed E-state index contributed by atoms with van der Waals surface area (Å²) >= 11 is 1.75. The molecule has 0 fully saturated rings. The molecule has 2 aromatic carbocycles. The molecule has 3 rings (SSSR count). The highest BCUT2D eigenvalue weighted by atomic mass is 32.1. The highest BCUT2D eigenvalue weighted by Gasteiger charge is 2.15. The van der Waals surface area contributed by atoms with Gasteiger partial charge in [-0.25, -0.2) is 5.43 Å². The molecule has 2 nitrogen and oxygen atoms in total. The molecule has 1 heterocycles. The van der Waals surface area contributed by atoms with Crippen LogP contribution in [0.2, 0.25) is 0 Å². The van der Waals surface area contributed by atoms with E-state index in [1.807, 2.05) is 0 Å². The summed E-state index contributed by atoms with van der Waals surface area (Å²) in [5, 5.41) is 4.66. The van der Waals surface area contributed by atoms with Crippen molar-refractivity contribution in [3.63, 3.8) is 0 Å². The van der Waals surface area contributed by atoms with Gasteiger partial charge in [-0.1, -0.05) is 42.5 Å². The second kappa shape index (κ2) is 5.13. The maximum absolute atomic E-state index is 5.79. The quantitative estimate of drug-likeness (QED) is 0.560. The number of hydrogen-bond acceptors (Lipinski definition) is 3. The van der Waals surface area contributed by atoms with Crippen molar-refractivity contribution in [3.05, 3.63) is 69.9 Å². The Balaban J connectivity index is 2.16. The predicted molar refractivity (Wildman–Crippen MR) is 82.2 cm³/mol. The van der Waals surface area contributed by atoms with Crippen LogP contribution in [-0.4, -0.2) is 0 Å². The van der Waals surface area contributed by atoms with E-state index in [2.05, 4.69) is 66.3 Å². The van der Waals surface area contributed by atoms with Gasteiger partial charge in [0.2, 0.25) is 0 Å². The summed E-state index contributed by atoms with van der Waals surface area (Å²) in [6, 6.07) is 17.0. The van der Waals surface area contributed by atoms with E-state index in [9.17, 15) is 0 Å². The minimum atomic E-state index is 0.0380. The van der Waals surface area contributed by atoms with Gasteiger partial charge in [-0.15, -0.1) is 11.3 Å². The minimum absolute atomic E-state index is 0.0380. The minimum Gasteiger partial charge on any atom is -0.271 e. The molecule has 0 saturated heterocycles. The van der Waals surface area contributed by atoms with Crippen LogP contribution in [0.1, 0.15) is 22.0 Å². The number of nitrogens with two attached hydrogens (primary N) is 1. The lowest BCUT2D eigenvalue weighted by atomic mass is 9.95. The Morgan fingerprint density at radius 3 is 2.63 bits per heavy atom. The lowest BCUT2D eigenvalue weighted by molar-refractivity contribution is 0.642. The molecule has 3 heteroatoms. The molecule has 0 spiro atoms. The van der Waals surface area contributed by atoms with E-state index >= 15 is 0 Å². The predicted octanol–water partition coefficient (Wildman–Crippen LogP) is 3.76. The first-order valence-corrected chi connectivity index (χ1v) is 7.16. The molecule has 0 amide bonds. The van der Waals surface area contributed by atoms with Gasteiger partial charge < -0.3 is 0 Å². The first-order valence-electron chi connectivity index (χ1n) is 6.28. The van der Waals surface area contributed by atoms with Gasteiger partial charge in [-0.3, -0.25) is 5.84 Å². The van der Waals surface area contributed by atoms with E-state index in [1.165, 1.54) is 26.8 Å². The van der Waals surface area contributed by atoms with Crippen molar-refractivity contribution in [2.45, 2.75) is 13.0 Å². The highest BCUT2D eigenvalue weighted by Crippen LogP contribution is 2.30. The van der Waals surface area contributed by atoms with E-state index in [0.29, 0.717) is 0 Å². The highest BCUT2D eigenvalue weighted by molar-refractivity contribution is 7.10. The molecular weight excluding hydrogens is 252 g/mol. The van der Waals surface area contributed by atoms with E-state index in [0.717, 1.165) is 0 Å². The third-order valence-electron chi connectivity index (χ3n) is 3.39. The van der Waals surface area contributed by atoms with Gasteiger partial charge in [0.15, 0.2) is 0 Å². The zero-order valence-corrected chi connectivity index (χ0v) is 11.6. The molecule has 0 aliphatic heterocycles. The number of fused-ring (bicyclic) bond motifs is 1. The van der Waals surface area contributed by atoms with Crippen molar-refractivity contribution in [2.75, 3.05) is 0 Å². The molecule has 0 aliphatic rings. The molecule has 1 unspecified atom stereocenters. The summed E-state index contributed by atoms with van der Waals surface area (Å²) in [7, 11) is 0. The topological polar surface area (TPSA) is 38.0 Å². The van der Waals surface area contributed by atoms with Crippen LogP contribution in [0.4, 0.5) is 0 Å². The van der Waals surface area contributed by atoms with Crippen molar-refractivity contribution in [1.29, 1.82) is 0 Å². The van der Waals surface area contributed by atoms with Crippen LogP contribution in [0, 0.1) is 6.92 Å². The summed E-state index contributed by atoms with van der Waals surface area (Å²) in [6.07, 6.45) is 0. The van der Waals surface area contributed by atoms with Crippen LogP contribution in [0.15, 0.2) is 53.9 Å². The molecule has 0 radical (unpaired) electrons. The lowest BCUT2D eigenvalue weighted by Gasteiger charge is -2.17. The van der Waals surface area contributed by atoms with E-state index in [1.54, 1.807) is 11.3 Å². The summed E-state index contributed by atoms with van der Waals surface area (Å²) in [4.78, 5) is 1.30. The number of rotatable bonds is 3. The fraction of sp³-hybridized carbons (Fsp3) is 0.125. The molecule has 0 saturated carbocycles. The average Bonchev–Trinajstić information content (AvgIpc) is 2.86. The molecular formula is C16H16N2S. The van der Waals surface area contributed by atoms with Crippen molar-refractivity contribution in [2.24, 2.45) is 5.84 Å². The monoisotopic (exact) mass is 268 g/mol. The zero-order valence-electron chi connectivity index (χ0n) is 10.8. The maximum Gasteiger partial charge on any atom is 0.0724 e. The van der Waals surface area contributed by atoms with Crippen molar-refractivity contribution >= 4 is 22.1 Å². The molecule has 1 aromatic heterocycles. The molecule has 3 aromatic rings. The smallest absolute Gasteiger partial charge is 0.0724 e. The number of hydrogen-bond donors (Lipinski definition) is 2. The Labute approximate surface area is 116 Å². The van der Waals surface area contributed by atoms with E-state index < -0.39 is 0 Å². The van der Waals surface area contributed by atoms with Gasteiger partial charge in [0.05, 0.1) is 6.04 Å². The first kappa shape index (κ1) is 12.4. The molecule has 96 valence electrons. The number of thiophene rings is 1. The van der Waals surface area contributed by atoms with Crippen LogP contribution in [0.3, 0.4) is 0 Å². The van der Waals surface area contributed by atoms with E-state index in [4.69, 9.17) is 5.84 Å². The molecule has 19 heavy (non-hydrogen) atoms. The lowest BCUT2D eigenvalue weighted by Crippen LogP contribution is -2.28. The van der Waals surface area contributed by atoms with Crippen molar-refractivity contribution in [1.82, 2.24) is 5.43 Å².